The van der Waals surface area contributed by atoms with Gasteiger partial charge in [-0.05, 0) is 19.3 Å². The minimum absolute atomic E-state index is 0.221. The maximum absolute atomic E-state index is 9.02. The first-order chi connectivity index (χ1) is 7.74. The molecular formula is C12H14N2O2. The molecule has 0 aliphatic heterocycles. The third-order valence-electron chi connectivity index (χ3n) is 2.80. The third-order valence-corrected chi connectivity index (χ3v) is 2.80. The highest BCUT2D eigenvalue weighted by Crippen LogP contribution is 2.33. The number of nitriles is 1. The molecule has 16 heavy (non-hydrogen) atoms. The summed E-state index contributed by atoms with van der Waals surface area (Å²) in [5, 5.41) is 9.02. The van der Waals surface area contributed by atoms with E-state index in [9.17, 15) is 0 Å². The zero-order valence-electron chi connectivity index (χ0n) is 9.19. The number of hydrogen-bond acceptors (Lipinski definition) is 4. The van der Waals surface area contributed by atoms with Gasteiger partial charge < -0.3 is 15.2 Å². The normalized spacial score (nSPS) is 15.0. The van der Waals surface area contributed by atoms with Crippen LogP contribution in [0.5, 0.6) is 11.5 Å². The first-order valence-electron chi connectivity index (χ1n) is 5.29. The van der Waals surface area contributed by atoms with Crippen molar-refractivity contribution in [3.05, 3.63) is 17.7 Å². The largest absolute Gasteiger partial charge is 0.497 e. The van der Waals surface area contributed by atoms with Gasteiger partial charge in [0.15, 0.2) is 0 Å². The lowest BCUT2D eigenvalue weighted by atomic mass is 9.96. The average molecular weight is 218 g/mol. The highest BCUT2D eigenvalue weighted by molar-refractivity contribution is 5.64. The standard InChI is InChI=1S/C12H14N2O2/c1-15-9-5-11(14)10(7-13)12(6-9)16-8-3-2-4-8/h5-6,8H,2-4,14H2,1H3. The minimum Gasteiger partial charge on any atom is -0.497 e. The number of nitrogens with zero attached hydrogens (tertiary/aromatic N) is 1. The summed E-state index contributed by atoms with van der Waals surface area (Å²) in [7, 11) is 1.56. The van der Waals surface area contributed by atoms with Gasteiger partial charge in [-0.3, -0.25) is 0 Å². The lowest BCUT2D eigenvalue weighted by Gasteiger charge is -2.27. The van der Waals surface area contributed by atoms with Crippen LogP contribution < -0.4 is 15.2 Å². The second-order valence-electron chi connectivity index (χ2n) is 3.87. The molecule has 0 saturated heterocycles. The smallest absolute Gasteiger partial charge is 0.143 e. The maximum atomic E-state index is 9.02. The molecule has 1 aromatic carbocycles. The minimum atomic E-state index is 0.221. The van der Waals surface area contributed by atoms with Gasteiger partial charge in [-0.15, -0.1) is 0 Å². The quantitative estimate of drug-likeness (QED) is 0.788. The van der Waals surface area contributed by atoms with Crippen molar-refractivity contribution in [2.75, 3.05) is 12.8 Å². The highest BCUT2D eigenvalue weighted by Gasteiger charge is 2.21. The molecule has 1 aromatic rings. The van der Waals surface area contributed by atoms with E-state index in [1.165, 1.54) is 6.42 Å². The Morgan fingerprint density at radius 3 is 2.69 bits per heavy atom. The van der Waals surface area contributed by atoms with Crippen molar-refractivity contribution in [1.29, 1.82) is 5.26 Å². The van der Waals surface area contributed by atoms with Crippen LogP contribution in [0.1, 0.15) is 24.8 Å². The van der Waals surface area contributed by atoms with Crippen LogP contribution in [0.25, 0.3) is 0 Å². The van der Waals surface area contributed by atoms with Crippen LogP contribution in [0.4, 0.5) is 5.69 Å². The Labute approximate surface area is 94.6 Å². The fraction of sp³-hybridized carbons (Fsp3) is 0.417. The second-order valence-corrected chi connectivity index (χ2v) is 3.87. The van der Waals surface area contributed by atoms with Crippen molar-refractivity contribution >= 4 is 5.69 Å². The van der Waals surface area contributed by atoms with Gasteiger partial charge in [0, 0.05) is 12.1 Å². The molecule has 0 aromatic heterocycles. The summed E-state index contributed by atoms with van der Waals surface area (Å²) in [5.74, 6) is 1.15. The first-order valence-corrected chi connectivity index (χ1v) is 5.29. The number of rotatable bonds is 3. The molecule has 1 fully saturated rings. The molecular weight excluding hydrogens is 204 g/mol. The summed E-state index contributed by atoms with van der Waals surface area (Å²) in [6.07, 6.45) is 3.49. The zero-order chi connectivity index (χ0) is 11.5. The van der Waals surface area contributed by atoms with E-state index in [-0.39, 0.29) is 6.10 Å². The van der Waals surface area contributed by atoms with E-state index < -0.39 is 0 Å². The molecule has 2 N–H and O–H groups in total. The Balaban J connectivity index is 2.32. The Bertz CT molecular complexity index is 433. The summed E-state index contributed by atoms with van der Waals surface area (Å²) in [6.45, 7) is 0. The summed E-state index contributed by atoms with van der Waals surface area (Å²) in [6, 6.07) is 5.41. The lowest BCUT2D eigenvalue weighted by Crippen LogP contribution is -2.25. The van der Waals surface area contributed by atoms with Crippen molar-refractivity contribution in [2.45, 2.75) is 25.4 Å². The molecule has 1 aliphatic carbocycles. The van der Waals surface area contributed by atoms with Gasteiger partial charge in [0.25, 0.3) is 0 Å². The fourth-order valence-electron chi connectivity index (χ4n) is 1.61. The van der Waals surface area contributed by atoms with E-state index in [2.05, 4.69) is 6.07 Å². The highest BCUT2D eigenvalue weighted by atomic mass is 16.5. The van der Waals surface area contributed by atoms with Crippen LogP contribution in [0.2, 0.25) is 0 Å². The summed E-state index contributed by atoms with van der Waals surface area (Å²) in [4.78, 5) is 0. The van der Waals surface area contributed by atoms with E-state index in [0.717, 1.165) is 12.8 Å². The molecule has 0 bridgehead atoms. The number of nitrogens with two attached hydrogens (primary N) is 1. The molecule has 4 nitrogen and oxygen atoms in total. The molecule has 2 rings (SSSR count). The summed E-state index contributed by atoms with van der Waals surface area (Å²) in [5.41, 5.74) is 6.56. The van der Waals surface area contributed by atoms with Crippen molar-refractivity contribution in [1.82, 2.24) is 0 Å². The number of hydrogen-bond donors (Lipinski definition) is 1. The Morgan fingerprint density at radius 1 is 1.44 bits per heavy atom. The van der Waals surface area contributed by atoms with Crippen molar-refractivity contribution < 1.29 is 9.47 Å². The number of ether oxygens (including phenoxy) is 2. The van der Waals surface area contributed by atoms with Crippen LogP contribution in [0.3, 0.4) is 0 Å². The van der Waals surface area contributed by atoms with Crippen LogP contribution in [0.15, 0.2) is 12.1 Å². The number of anilines is 1. The summed E-state index contributed by atoms with van der Waals surface area (Å²) >= 11 is 0. The zero-order valence-corrected chi connectivity index (χ0v) is 9.19. The van der Waals surface area contributed by atoms with Gasteiger partial charge in [0.2, 0.25) is 0 Å². The van der Waals surface area contributed by atoms with Gasteiger partial charge >= 0.3 is 0 Å². The van der Waals surface area contributed by atoms with E-state index in [4.69, 9.17) is 20.5 Å². The Kier molecular flexibility index (Phi) is 2.86. The average Bonchev–Trinajstić information content (AvgIpc) is 2.22. The Hall–Kier alpha value is -1.89. The number of benzene rings is 1. The van der Waals surface area contributed by atoms with Gasteiger partial charge in [-0.1, -0.05) is 0 Å². The molecule has 0 atom stereocenters. The second kappa shape index (κ2) is 4.31. The third kappa shape index (κ3) is 1.89. The molecule has 84 valence electrons. The van der Waals surface area contributed by atoms with Gasteiger partial charge in [0.1, 0.15) is 23.1 Å². The molecule has 1 saturated carbocycles. The van der Waals surface area contributed by atoms with Gasteiger partial charge in [0.05, 0.1) is 18.9 Å². The molecule has 0 radical (unpaired) electrons. The van der Waals surface area contributed by atoms with E-state index >= 15 is 0 Å². The van der Waals surface area contributed by atoms with Crippen LogP contribution in [0, 0.1) is 11.3 Å². The maximum Gasteiger partial charge on any atom is 0.143 e. The van der Waals surface area contributed by atoms with E-state index in [0.29, 0.717) is 22.7 Å². The topological polar surface area (TPSA) is 68.3 Å². The van der Waals surface area contributed by atoms with E-state index in [1.807, 2.05) is 0 Å². The summed E-state index contributed by atoms with van der Waals surface area (Å²) < 4.78 is 10.8. The molecule has 1 aliphatic rings. The van der Waals surface area contributed by atoms with Crippen LogP contribution in [-0.2, 0) is 0 Å². The predicted molar refractivity (Wildman–Crippen MR) is 60.4 cm³/mol. The van der Waals surface area contributed by atoms with Crippen LogP contribution >= 0.6 is 0 Å². The van der Waals surface area contributed by atoms with Crippen molar-refractivity contribution in [2.24, 2.45) is 0 Å². The molecule has 0 spiro atoms. The molecule has 0 heterocycles. The fourth-order valence-corrected chi connectivity index (χ4v) is 1.61. The number of nitrogen functional groups attached to an aromatic ring is 1. The number of methoxy groups -OCH3 is 1. The van der Waals surface area contributed by atoms with Crippen LogP contribution in [-0.4, -0.2) is 13.2 Å². The molecule has 0 amide bonds. The van der Waals surface area contributed by atoms with Gasteiger partial charge in [-0.2, -0.15) is 5.26 Å². The van der Waals surface area contributed by atoms with Gasteiger partial charge in [-0.25, -0.2) is 0 Å². The molecule has 4 heteroatoms. The van der Waals surface area contributed by atoms with E-state index in [1.54, 1.807) is 19.2 Å². The Morgan fingerprint density at radius 2 is 2.19 bits per heavy atom. The molecule has 0 unspecified atom stereocenters. The monoisotopic (exact) mass is 218 g/mol. The van der Waals surface area contributed by atoms with Crippen molar-refractivity contribution in [3.63, 3.8) is 0 Å². The predicted octanol–water partition coefficient (Wildman–Crippen LogP) is 2.08. The SMILES string of the molecule is COc1cc(N)c(C#N)c(OC2CCC2)c1. The first kappa shape index (κ1) is 10.6. The van der Waals surface area contributed by atoms with Crippen molar-refractivity contribution in [3.8, 4) is 17.6 Å². The lowest BCUT2D eigenvalue weighted by molar-refractivity contribution is 0.119.